The first-order chi connectivity index (χ1) is 10.9. The van der Waals surface area contributed by atoms with E-state index >= 15 is 0 Å². The Kier molecular flexibility index (Phi) is 4.13. The summed E-state index contributed by atoms with van der Waals surface area (Å²) in [6.45, 7) is 0. The summed E-state index contributed by atoms with van der Waals surface area (Å²) in [5.74, 6) is 0.479. The minimum atomic E-state index is -4.37. The first kappa shape index (κ1) is 15.6. The molecule has 0 saturated carbocycles. The smallest absolute Gasteiger partial charge is 0.359 e. The van der Waals surface area contributed by atoms with E-state index in [1.54, 1.807) is 0 Å². The van der Waals surface area contributed by atoms with Gasteiger partial charge in [0.1, 0.15) is 10.7 Å². The Labute approximate surface area is 135 Å². The third-order valence-corrected chi connectivity index (χ3v) is 3.78. The molecule has 23 heavy (non-hydrogen) atoms. The number of hydrogen-bond acceptors (Lipinski definition) is 2. The van der Waals surface area contributed by atoms with Gasteiger partial charge in [0.2, 0.25) is 0 Å². The molecule has 0 fully saturated rings. The number of alkyl halides is 3. The number of rotatable bonds is 3. The fourth-order valence-corrected chi connectivity index (χ4v) is 2.45. The van der Waals surface area contributed by atoms with Crippen LogP contribution in [0.5, 0.6) is 0 Å². The lowest BCUT2D eigenvalue weighted by molar-refractivity contribution is -0.137. The van der Waals surface area contributed by atoms with Crippen molar-refractivity contribution >= 4 is 11.6 Å². The molecule has 0 aliphatic carbocycles. The Morgan fingerprint density at radius 3 is 2.22 bits per heavy atom. The summed E-state index contributed by atoms with van der Waals surface area (Å²) < 4.78 is 43.0. The highest BCUT2D eigenvalue weighted by molar-refractivity contribution is 6.33. The summed E-state index contributed by atoms with van der Waals surface area (Å²) in [6, 6.07) is 14.2. The van der Waals surface area contributed by atoms with Crippen LogP contribution < -0.4 is 0 Å². The molecular formula is C17H11ClF3NO. The molecule has 0 spiro atoms. The van der Waals surface area contributed by atoms with Crippen LogP contribution in [0.3, 0.4) is 0 Å². The molecule has 0 amide bonds. The molecule has 0 aliphatic rings. The van der Waals surface area contributed by atoms with E-state index in [0.717, 1.165) is 17.7 Å². The van der Waals surface area contributed by atoms with Gasteiger partial charge in [0.25, 0.3) is 0 Å². The van der Waals surface area contributed by atoms with Crippen LogP contribution >= 0.6 is 11.6 Å². The highest BCUT2D eigenvalue weighted by Crippen LogP contribution is 2.34. The fraction of sp³-hybridized carbons (Fsp3) is 0.118. The standard InChI is InChI=1S/C17H11ClF3NO/c18-15-14(10-11-4-2-1-3-5-11)23-22-16(15)12-6-8-13(9-7-12)17(19,20)21/h1-9H,10H2. The molecule has 0 aliphatic heterocycles. The number of benzene rings is 2. The van der Waals surface area contributed by atoms with Crippen molar-refractivity contribution in [1.82, 2.24) is 5.16 Å². The zero-order valence-electron chi connectivity index (χ0n) is 11.8. The molecule has 2 nitrogen and oxygen atoms in total. The Balaban J connectivity index is 1.87. The Bertz CT molecular complexity index is 795. The quantitative estimate of drug-likeness (QED) is 0.621. The monoisotopic (exact) mass is 337 g/mol. The van der Waals surface area contributed by atoms with Crippen LogP contribution in [-0.4, -0.2) is 5.16 Å². The van der Waals surface area contributed by atoms with Crippen molar-refractivity contribution in [2.45, 2.75) is 12.6 Å². The summed E-state index contributed by atoms with van der Waals surface area (Å²) in [7, 11) is 0. The predicted octanol–water partition coefficient (Wildman–Crippen LogP) is 5.60. The number of halogens is 4. The van der Waals surface area contributed by atoms with Crippen LogP contribution in [0.25, 0.3) is 11.3 Å². The Hall–Kier alpha value is -2.27. The second-order valence-corrected chi connectivity index (χ2v) is 5.38. The minimum absolute atomic E-state index is 0.314. The lowest BCUT2D eigenvalue weighted by Gasteiger charge is -2.06. The lowest BCUT2D eigenvalue weighted by Crippen LogP contribution is -2.04. The molecule has 0 unspecified atom stereocenters. The van der Waals surface area contributed by atoms with Gasteiger partial charge in [-0.3, -0.25) is 0 Å². The third kappa shape index (κ3) is 3.40. The highest BCUT2D eigenvalue weighted by Gasteiger charge is 2.30. The molecule has 6 heteroatoms. The first-order valence-electron chi connectivity index (χ1n) is 6.81. The molecule has 1 heterocycles. The van der Waals surface area contributed by atoms with Gasteiger partial charge in [-0.25, -0.2) is 0 Å². The van der Waals surface area contributed by atoms with Crippen molar-refractivity contribution in [3.05, 3.63) is 76.5 Å². The van der Waals surface area contributed by atoms with E-state index in [9.17, 15) is 13.2 Å². The SMILES string of the molecule is FC(F)(F)c1ccc(-c2noc(Cc3ccccc3)c2Cl)cc1. The summed E-state index contributed by atoms with van der Waals surface area (Å²) >= 11 is 6.26. The Morgan fingerprint density at radius 1 is 0.957 bits per heavy atom. The van der Waals surface area contributed by atoms with Gasteiger partial charge in [0, 0.05) is 12.0 Å². The predicted molar refractivity (Wildman–Crippen MR) is 81.2 cm³/mol. The van der Waals surface area contributed by atoms with Crippen LogP contribution in [0.4, 0.5) is 13.2 Å². The molecule has 3 rings (SSSR count). The van der Waals surface area contributed by atoms with E-state index in [1.807, 2.05) is 30.3 Å². The summed E-state index contributed by atoms with van der Waals surface area (Å²) in [5.41, 5.74) is 1.10. The van der Waals surface area contributed by atoms with Gasteiger partial charge in [-0.05, 0) is 17.7 Å². The highest BCUT2D eigenvalue weighted by atomic mass is 35.5. The van der Waals surface area contributed by atoms with E-state index < -0.39 is 11.7 Å². The van der Waals surface area contributed by atoms with Crippen LogP contribution in [0.2, 0.25) is 5.02 Å². The first-order valence-corrected chi connectivity index (χ1v) is 7.18. The average molecular weight is 338 g/mol. The van der Waals surface area contributed by atoms with Gasteiger partial charge in [-0.1, -0.05) is 59.2 Å². The van der Waals surface area contributed by atoms with Crippen LogP contribution in [-0.2, 0) is 12.6 Å². The summed E-state index contributed by atoms with van der Waals surface area (Å²) in [5, 5.41) is 4.20. The van der Waals surface area contributed by atoms with Gasteiger partial charge in [0.15, 0.2) is 5.76 Å². The second-order valence-electron chi connectivity index (χ2n) is 5.01. The Morgan fingerprint density at radius 2 is 1.61 bits per heavy atom. The maximum absolute atomic E-state index is 12.6. The molecule has 1 aromatic heterocycles. The van der Waals surface area contributed by atoms with Crippen molar-refractivity contribution in [1.29, 1.82) is 0 Å². The molecule has 2 aromatic carbocycles. The molecule has 0 N–H and O–H groups in total. The van der Waals surface area contributed by atoms with Gasteiger partial charge in [0.05, 0.1) is 5.56 Å². The van der Waals surface area contributed by atoms with Gasteiger partial charge in [-0.15, -0.1) is 0 Å². The molecule has 0 radical (unpaired) electrons. The van der Waals surface area contributed by atoms with E-state index in [4.69, 9.17) is 16.1 Å². The maximum Gasteiger partial charge on any atom is 0.416 e. The van der Waals surface area contributed by atoms with E-state index in [1.165, 1.54) is 12.1 Å². The largest absolute Gasteiger partial charge is 0.416 e. The van der Waals surface area contributed by atoms with E-state index in [2.05, 4.69) is 5.16 Å². The normalized spacial score (nSPS) is 11.7. The maximum atomic E-state index is 12.6. The van der Waals surface area contributed by atoms with E-state index in [0.29, 0.717) is 28.5 Å². The number of aromatic nitrogens is 1. The molecule has 0 bridgehead atoms. The van der Waals surface area contributed by atoms with Crippen molar-refractivity contribution < 1.29 is 17.7 Å². The zero-order chi connectivity index (χ0) is 16.4. The van der Waals surface area contributed by atoms with Crippen LogP contribution in [0, 0.1) is 0 Å². The van der Waals surface area contributed by atoms with Crippen molar-refractivity contribution in [2.24, 2.45) is 0 Å². The molecule has 3 aromatic rings. The zero-order valence-corrected chi connectivity index (χ0v) is 12.5. The number of nitrogens with zero attached hydrogens (tertiary/aromatic N) is 1. The van der Waals surface area contributed by atoms with Crippen LogP contribution in [0.15, 0.2) is 59.1 Å². The summed E-state index contributed by atoms with van der Waals surface area (Å²) in [6.07, 6.45) is -3.90. The topological polar surface area (TPSA) is 26.0 Å². The molecule has 0 atom stereocenters. The van der Waals surface area contributed by atoms with Crippen molar-refractivity contribution in [3.63, 3.8) is 0 Å². The fourth-order valence-electron chi connectivity index (χ4n) is 2.20. The lowest BCUT2D eigenvalue weighted by atomic mass is 10.1. The van der Waals surface area contributed by atoms with Gasteiger partial charge < -0.3 is 4.52 Å². The third-order valence-electron chi connectivity index (χ3n) is 3.39. The molecular weight excluding hydrogens is 327 g/mol. The van der Waals surface area contributed by atoms with Crippen LogP contribution in [0.1, 0.15) is 16.9 Å². The van der Waals surface area contributed by atoms with E-state index in [-0.39, 0.29) is 0 Å². The van der Waals surface area contributed by atoms with Gasteiger partial charge in [-0.2, -0.15) is 13.2 Å². The van der Waals surface area contributed by atoms with Gasteiger partial charge >= 0.3 is 6.18 Å². The molecule has 0 saturated heterocycles. The molecule has 118 valence electrons. The summed E-state index contributed by atoms with van der Waals surface area (Å²) in [4.78, 5) is 0. The number of hydrogen-bond donors (Lipinski definition) is 0. The second kappa shape index (κ2) is 6.08. The minimum Gasteiger partial charge on any atom is -0.359 e. The average Bonchev–Trinajstić information content (AvgIpc) is 2.89. The van der Waals surface area contributed by atoms with Crippen molar-refractivity contribution in [2.75, 3.05) is 0 Å². The van der Waals surface area contributed by atoms with Crippen molar-refractivity contribution in [3.8, 4) is 11.3 Å².